The van der Waals surface area contributed by atoms with E-state index in [0.717, 1.165) is 30.3 Å². The lowest BCUT2D eigenvalue weighted by Gasteiger charge is -2.19. The molecule has 0 saturated carbocycles. The normalized spacial score (nSPS) is 12.6. The molecular weight excluding hydrogens is 403 g/mol. The van der Waals surface area contributed by atoms with E-state index in [2.05, 4.69) is 4.72 Å². The zero-order chi connectivity index (χ0) is 21.2. The van der Waals surface area contributed by atoms with Gasteiger partial charge < -0.3 is 4.74 Å². The predicted molar refractivity (Wildman–Crippen MR) is 103 cm³/mol. The van der Waals surface area contributed by atoms with Crippen molar-refractivity contribution in [2.75, 3.05) is 7.11 Å². The molecule has 0 fully saturated rings. The first kappa shape index (κ1) is 20.9. The minimum absolute atomic E-state index is 0.0238. The summed E-state index contributed by atoms with van der Waals surface area (Å²) >= 11 is 0. The number of nitrogens with one attached hydrogen (secondary N) is 1. The second-order valence-electron chi connectivity index (χ2n) is 6.38. The highest BCUT2D eigenvalue weighted by Crippen LogP contribution is 2.32. The molecule has 0 spiro atoms. The minimum Gasteiger partial charge on any atom is -0.497 e. The van der Waals surface area contributed by atoms with E-state index in [4.69, 9.17) is 4.74 Å². The van der Waals surface area contributed by atoms with Crippen LogP contribution in [0.2, 0.25) is 0 Å². The highest BCUT2D eigenvalue weighted by Gasteiger charge is 2.22. The second-order valence-corrected chi connectivity index (χ2v) is 8.09. The summed E-state index contributed by atoms with van der Waals surface area (Å²) in [5.41, 5.74) is 0.192. The molecule has 0 saturated heterocycles. The lowest BCUT2D eigenvalue weighted by molar-refractivity contribution is 0.413. The fraction of sp³-hybridized carbons (Fsp3) is 0.143. The maximum Gasteiger partial charge on any atom is 0.241 e. The molecule has 0 aromatic heterocycles. The molecule has 1 atom stereocenters. The molecule has 1 N–H and O–H groups in total. The number of sulfonamides is 1. The highest BCUT2D eigenvalue weighted by atomic mass is 32.2. The standard InChI is InChI=1S/C21H18F3NO3S/c1-13(25-29(26,27)17-5-3-4-16(12-17)28-2)18-8-6-14(22)10-19(18)20-11-15(23)7-9-21(20)24/h3-13,25H,1-2H3. The first-order chi connectivity index (χ1) is 13.7. The Morgan fingerprint density at radius 1 is 0.897 bits per heavy atom. The van der Waals surface area contributed by atoms with Crippen LogP contribution in [-0.2, 0) is 10.0 Å². The molecule has 1 unspecified atom stereocenters. The third-order valence-corrected chi connectivity index (χ3v) is 5.92. The molecule has 8 heteroatoms. The van der Waals surface area contributed by atoms with Crippen LogP contribution in [0.15, 0.2) is 65.6 Å². The summed E-state index contributed by atoms with van der Waals surface area (Å²) in [7, 11) is -2.54. The van der Waals surface area contributed by atoms with Crippen molar-refractivity contribution in [1.29, 1.82) is 0 Å². The smallest absolute Gasteiger partial charge is 0.241 e. The molecule has 0 radical (unpaired) electrons. The second kappa shape index (κ2) is 8.26. The zero-order valence-electron chi connectivity index (χ0n) is 15.6. The van der Waals surface area contributed by atoms with Gasteiger partial charge >= 0.3 is 0 Å². The van der Waals surface area contributed by atoms with Gasteiger partial charge in [-0.1, -0.05) is 12.1 Å². The summed E-state index contributed by atoms with van der Waals surface area (Å²) in [5.74, 6) is -1.73. The summed E-state index contributed by atoms with van der Waals surface area (Å²) in [6, 6.07) is 11.4. The van der Waals surface area contributed by atoms with Crippen LogP contribution in [0.25, 0.3) is 11.1 Å². The Balaban J connectivity index is 2.01. The molecule has 3 aromatic carbocycles. The quantitative estimate of drug-likeness (QED) is 0.621. The number of methoxy groups -OCH3 is 1. The van der Waals surface area contributed by atoms with Crippen LogP contribution in [0.3, 0.4) is 0 Å². The number of rotatable bonds is 6. The average molecular weight is 421 g/mol. The van der Waals surface area contributed by atoms with E-state index in [0.29, 0.717) is 11.3 Å². The Morgan fingerprint density at radius 2 is 1.55 bits per heavy atom. The van der Waals surface area contributed by atoms with Crippen molar-refractivity contribution in [3.63, 3.8) is 0 Å². The van der Waals surface area contributed by atoms with E-state index >= 15 is 0 Å². The van der Waals surface area contributed by atoms with E-state index < -0.39 is 33.5 Å². The van der Waals surface area contributed by atoms with Crippen LogP contribution in [0, 0.1) is 17.5 Å². The summed E-state index contributed by atoms with van der Waals surface area (Å²) in [6.07, 6.45) is 0. The van der Waals surface area contributed by atoms with Gasteiger partial charge in [0.1, 0.15) is 23.2 Å². The maximum atomic E-state index is 14.3. The predicted octanol–water partition coefficient (Wildman–Crippen LogP) is 4.82. The van der Waals surface area contributed by atoms with Crippen LogP contribution in [-0.4, -0.2) is 15.5 Å². The average Bonchev–Trinajstić information content (AvgIpc) is 2.69. The molecule has 0 aliphatic heterocycles. The molecule has 3 rings (SSSR count). The van der Waals surface area contributed by atoms with Crippen molar-refractivity contribution in [3.05, 3.63) is 83.7 Å². The van der Waals surface area contributed by atoms with Crippen LogP contribution < -0.4 is 9.46 Å². The Bertz CT molecular complexity index is 1150. The van der Waals surface area contributed by atoms with Gasteiger partial charge in [-0.2, -0.15) is 0 Å². The lowest BCUT2D eigenvalue weighted by atomic mass is 9.95. The third-order valence-electron chi connectivity index (χ3n) is 4.38. The van der Waals surface area contributed by atoms with Crippen molar-refractivity contribution >= 4 is 10.0 Å². The number of ether oxygens (including phenoxy) is 1. The Kier molecular flexibility index (Phi) is 5.95. The lowest BCUT2D eigenvalue weighted by Crippen LogP contribution is -2.27. The number of hydrogen-bond acceptors (Lipinski definition) is 3. The van der Waals surface area contributed by atoms with Crippen LogP contribution >= 0.6 is 0 Å². The summed E-state index contributed by atoms with van der Waals surface area (Å²) in [5, 5.41) is 0. The molecule has 0 amide bonds. The molecule has 3 aromatic rings. The number of halogens is 3. The van der Waals surface area contributed by atoms with Gasteiger partial charge in [-0.3, -0.25) is 0 Å². The molecule has 29 heavy (non-hydrogen) atoms. The molecule has 0 aliphatic rings. The van der Waals surface area contributed by atoms with Gasteiger partial charge in [-0.15, -0.1) is 0 Å². The van der Waals surface area contributed by atoms with Crippen LogP contribution in [0.5, 0.6) is 5.75 Å². The molecule has 0 aliphatic carbocycles. The largest absolute Gasteiger partial charge is 0.497 e. The fourth-order valence-corrected chi connectivity index (χ4v) is 4.23. The van der Waals surface area contributed by atoms with Crippen LogP contribution in [0.1, 0.15) is 18.5 Å². The highest BCUT2D eigenvalue weighted by molar-refractivity contribution is 7.89. The summed E-state index contributed by atoms with van der Waals surface area (Å²) < 4.78 is 74.8. The Hall–Kier alpha value is -2.84. The van der Waals surface area contributed by atoms with E-state index in [1.165, 1.54) is 38.3 Å². The van der Waals surface area contributed by atoms with Gasteiger partial charge in [-0.05, 0) is 60.5 Å². The van der Waals surface area contributed by atoms with Gasteiger partial charge in [0.25, 0.3) is 0 Å². The van der Waals surface area contributed by atoms with Crippen molar-refractivity contribution in [2.24, 2.45) is 0 Å². The summed E-state index contributed by atoms with van der Waals surface area (Å²) in [4.78, 5) is -0.0238. The molecule has 0 bridgehead atoms. The third kappa shape index (κ3) is 4.60. The van der Waals surface area contributed by atoms with E-state index in [-0.39, 0.29) is 16.0 Å². The van der Waals surface area contributed by atoms with E-state index in [1.54, 1.807) is 6.07 Å². The Labute approximate surface area is 167 Å². The number of benzene rings is 3. The van der Waals surface area contributed by atoms with Gasteiger partial charge in [-0.25, -0.2) is 26.3 Å². The van der Waals surface area contributed by atoms with Gasteiger partial charge in [0.05, 0.1) is 12.0 Å². The maximum absolute atomic E-state index is 14.3. The molecule has 0 heterocycles. The topological polar surface area (TPSA) is 55.4 Å². The van der Waals surface area contributed by atoms with Crippen molar-refractivity contribution in [2.45, 2.75) is 17.9 Å². The van der Waals surface area contributed by atoms with Gasteiger partial charge in [0, 0.05) is 17.7 Å². The van der Waals surface area contributed by atoms with Gasteiger partial charge in [0.15, 0.2) is 0 Å². The molecule has 152 valence electrons. The first-order valence-corrected chi connectivity index (χ1v) is 10.1. The fourth-order valence-electron chi connectivity index (χ4n) is 2.98. The summed E-state index contributed by atoms with van der Waals surface area (Å²) in [6.45, 7) is 1.53. The molecule has 4 nitrogen and oxygen atoms in total. The SMILES string of the molecule is COc1cccc(S(=O)(=O)NC(C)c2ccc(F)cc2-c2cc(F)ccc2F)c1. The zero-order valence-corrected chi connectivity index (χ0v) is 16.4. The van der Waals surface area contributed by atoms with Crippen molar-refractivity contribution in [1.82, 2.24) is 4.72 Å². The van der Waals surface area contributed by atoms with Crippen molar-refractivity contribution in [3.8, 4) is 16.9 Å². The first-order valence-electron chi connectivity index (χ1n) is 8.62. The monoisotopic (exact) mass is 421 g/mol. The minimum atomic E-state index is -3.96. The van der Waals surface area contributed by atoms with E-state index in [9.17, 15) is 21.6 Å². The van der Waals surface area contributed by atoms with Crippen molar-refractivity contribution < 1.29 is 26.3 Å². The van der Waals surface area contributed by atoms with E-state index in [1.807, 2.05) is 0 Å². The van der Waals surface area contributed by atoms with Gasteiger partial charge in [0.2, 0.25) is 10.0 Å². The molecular formula is C21H18F3NO3S. The Morgan fingerprint density at radius 3 is 2.24 bits per heavy atom. The number of hydrogen-bond donors (Lipinski definition) is 1. The van der Waals surface area contributed by atoms with Crippen LogP contribution in [0.4, 0.5) is 13.2 Å².